The Morgan fingerprint density at radius 3 is 1.29 bits per heavy atom. The van der Waals surface area contributed by atoms with Crippen LogP contribution in [0.2, 0.25) is 10.0 Å². The Balaban J connectivity index is 0.00000361. The van der Waals surface area contributed by atoms with Crippen molar-refractivity contribution in [3.63, 3.8) is 0 Å². The maximum atomic E-state index is 12.3. The molecule has 0 bridgehead atoms. The van der Waals surface area contributed by atoms with Gasteiger partial charge in [-0.05, 0) is 72.5 Å². The summed E-state index contributed by atoms with van der Waals surface area (Å²) >= 11 is 11.6. The number of halogens is 2. The predicted molar refractivity (Wildman–Crippen MR) is 132 cm³/mol. The Kier molecular flexibility index (Phi) is 12.5. The molecule has 3 aromatic carbocycles. The third-order valence-electron chi connectivity index (χ3n) is 4.96. The number of hydrogen-bond donors (Lipinski definition) is 2. The fraction of sp³-hybridized carbons (Fsp3) is 0.0909. The molecule has 0 aromatic heterocycles. The van der Waals surface area contributed by atoms with E-state index in [0.29, 0.717) is 0 Å². The number of nitrogens with zero attached hydrogens (tertiary/aromatic N) is 2. The maximum Gasteiger partial charge on any atom is 1.00 e. The van der Waals surface area contributed by atoms with E-state index in [4.69, 9.17) is 23.2 Å². The van der Waals surface area contributed by atoms with Crippen LogP contribution in [0.4, 0.5) is 11.4 Å². The van der Waals surface area contributed by atoms with Crippen molar-refractivity contribution in [1.29, 1.82) is 0 Å². The Morgan fingerprint density at radius 1 is 0.684 bits per heavy atom. The van der Waals surface area contributed by atoms with Gasteiger partial charge in [0.15, 0.2) is 0 Å². The molecule has 0 unspecified atom stereocenters. The number of hydrogen-bond acceptors (Lipinski definition) is 8. The molecule has 0 amide bonds. The van der Waals surface area contributed by atoms with Crippen LogP contribution in [0.5, 0.6) is 11.5 Å². The average Bonchev–Trinajstić information content (AvgIpc) is 2.76. The summed E-state index contributed by atoms with van der Waals surface area (Å²) in [6.45, 7) is 3.56. The third-order valence-corrected chi connectivity index (χ3v) is 7.19. The molecule has 0 aliphatic rings. The number of benzene rings is 3. The molecule has 0 radical (unpaired) electrons. The normalized spacial score (nSPS) is 11.9. The standard InChI is InChI=1S/C22H18Cl2N2O8S2.2Na/c1-11-3-19(25-9-13-5-15(35(29,30)31)7-17(23)21(13)27)20(4-12(11)2)26-10-14-6-16(36(32,33)34)8-18(24)22(14)28;;/h3-10,27-28H,1-2H3,(H,29,30,31)(H,32,33,34);;/q;2*+1/p-2. The van der Waals surface area contributed by atoms with E-state index in [-0.39, 0.29) is 81.6 Å². The fourth-order valence-electron chi connectivity index (χ4n) is 2.94. The van der Waals surface area contributed by atoms with Crippen LogP contribution < -0.4 is 69.3 Å². The smallest absolute Gasteiger partial charge is 0.871 e. The second-order valence-corrected chi connectivity index (χ2v) is 11.2. The third kappa shape index (κ3) is 8.50. The van der Waals surface area contributed by atoms with Crippen LogP contribution in [-0.2, 0) is 20.2 Å². The van der Waals surface area contributed by atoms with Gasteiger partial charge in [-0.1, -0.05) is 34.7 Å². The van der Waals surface area contributed by atoms with Gasteiger partial charge in [-0.2, -0.15) is 16.8 Å². The molecule has 0 heterocycles. The number of rotatable bonds is 6. The van der Waals surface area contributed by atoms with E-state index in [9.17, 15) is 36.2 Å². The Hall–Kier alpha value is -1.000. The molecule has 38 heavy (non-hydrogen) atoms. The van der Waals surface area contributed by atoms with E-state index in [2.05, 4.69) is 9.98 Å². The molecule has 10 nitrogen and oxygen atoms in total. The second-order valence-electron chi connectivity index (χ2n) is 7.54. The molecule has 3 rings (SSSR count). The average molecular weight is 617 g/mol. The molecule has 0 spiro atoms. The SMILES string of the molecule is Cc1cc(N=Cc2cc(S(=O)(=O)O)cc(Cl)c2[O-])c(N=Cc2cc(S(=O)(=O)O)cc(Cl)c2[O-])cc1C.[Na+].[Na+]. The monoisotopic (exact) mass is 616 g/mol. The van der Waals surface area contributed by atoms with Crippen molar-refractivity contribution in [2.45, 2.75) is 23.6 Å². The Labute approximate surface area is 273 Å². The largest absolute Gasteiger partial charge is 1.00 e. The quantitative estimate of drug-likeness (QED) is 0.177. The zero-order chi connectivity index (χ0) is 27.0. The second kappa shape index (κ2) is 13.6. The zero-order valence-corrected chi connectivity index (χ0v) is 27.6. The first-order valence-corrected chi connectivity index (χ1v) is 13.4. The van der Waals surface area contributed by atoms with Crippen molar-refractivity contribution in [3.8, 4) is 11.5 Å². The molecule has 0 saturated carbocycles. The van der Waals surface area contributed by atoms with Crippen LogP contribution in [0.25, 0.3) is 0 Å². The van der Waals surface area contributed by atoms with Gasteiger partial charge in [0.1, 0.15) is 0 Å². The molecule has 0 aliphatic heterocycles. The maximum absolute atomic E-state index is 12.3. The first-order valence-electron chi connectivity index (χ1n) is 9.73. The molecule has 3 aromatic rings. The topological polar surface area (TPSA) is 180 Å². The van der Waals surface area contributed by atoms with Crippen LogP contribution in [0.3, 0.4) is 0 Å². The van der Waals surface area contributed by atoms with Gasteiger partial charge in [0.2, 0.25) is 0 Å². The van der Waals surface area contributed by atoms with Crippen LogP contribution in [0.1, 0.15) is 22.3 Å². The minimum Gasteiger partial charge on any atom is -0.871 e. The van der Waals surface area contributed by atoms with Crippen molar-refractivity contribution in [3.05, 3.63) is 68.7 Å². The first kappa shape index (κ1) is 35.0. The number of aliphatic imine (C=N–C) groups is 2. The van der Waals surface area contributed by atoms with Crippen molar-refractivity contribution in [2.24, 2.45) is 9.98 Å². The summed E-state index contributed by atoms with van der Waals surface area (Å²) in [4.78, 5) is 7.21. The summed E-state index contributed by atoms with van der Waals surface area (Å²) in [5.74, 6) is -1.45. The van der Waals surface area contributed by atoms with E-state index >= 15 is 0 Å². The van der Waals surface area contributed by atoms with Crippen molar-refractivity contribution < 1.29 is 95.3 Å². The van der Waals surface area contributed by atoms with Crippen LogP contribution >= 0.6 is 23.2 Å². The molecular formula is C22H16Cl2N2Na2O8S2. The predicted octanol–water partition coefficient (Wildman–Crippen LogP) is -2.24. The Morgan fingerprint density at radius 2 is 1.00 bits per heavy atom. The van der Waals surface area contributed by atoms with Gasteiger partial charge in [0, 0.05) is 22.5 Å². The van der Waals surface area contributed by atoms with Crippen LogP contribution in [0.15, 0.2) is 56.2 Å². The molecule has 0 saturated heterocycles. The van der Waals surface area contributed by atoms with E-state index in [1.54, 1.807) is 26.0 Å². The van der Waals surface area contributed by atoms with Gasteiger partial charge in [0.25, 0.3) is 20.2 Å². The van der Waals surface area contributed by atoms with E-state index < -0.39 is 51.6 Å². The zero-order valence-electron chi connectivity index (χ0n) is 20.4. The minimum atomic E-state index is -4.64. The number of aryl methyl sites for hydroxylation is 2. The summed E-state index contributed by atoms with van der Waals surface area (Å²) in [6.07, 6.45) is 2.09. The van der Waals surface area contributed by atoms with E-state index in [1.165, 1.54) is 0 Å². The summed E-state index contributed by atoms with van der Waals surface area (Å²) in [7, 11) is -9.28. The van der Waals surface area contributed by atoms with Gasteiger partial charge in [-0.15, -0.1) is 0 Å². The molecule has 0 aliphatic carbocycles. The summed E-state index contributed by atoms with van der Waals surface area (Å²) in [5, 5.41) is 23.8. The van der Waals surface area contributed by atoms with Gasteiger partial charge < -0.3 is 10.2 Å². The van der Waals surface area contributed by atoms with Crippen molar-refractivity contribution >= 4 is 67.2 Å². The van der Waals surface area contributed by atoms with Crippen LogP contribution in [0, 0.1) is 13.8 Å². The summed E-state index contributed by atoms with van der Waals surface area (Å²) < 4.78 is 64.4. The fourth-order valence-corrected chi connectivity index (χ4v) is 4.61. The van der Waals surface area contributed by atoms with Crippen LogP contribution in [-0.4, -0.2) is 38.4 Å². The summed E-state index contributed by atoms with van der Waals surface area (Å²) in [5.41, 5.74) is 1.52. The van der Waals surface area contributed by atoms with Gasteiger partial charge >= 0.3 is 59.1 Å². The van der Waals surface area contributed by atoms with E-state index in [1.807, 2.05) is 0 Å². The molecule has 2 N–H and O–H groups in total. The molecule has 0 atom stereocenters. The molecule has 190 valence electrons. The van der Waals surface area contributed by atoms with Crippen molar-refractivity contribution in [1.82, 2.24) is 0 Å². The molecule has 16 heteroatoms. The van der Waals surface area contributed by atoms with Gasteiger partial charge in [-0.25, -0.2) is 0 Å². The Bertz CT molecular complexity index is 1540. The van der Waals surface area contributed by atoms with E-state index in [0.717, 1.165) is 47.8 Å². The molecule has 0 fully saturated rings. The molecular weight excluding hydrogens is 601 g/mol. The van der Waals surface area contributed by atoms with Gasteiger partial charge in [0.05, 0.1) is 21.2 Å². The first-order chi connectivity index (χ1) is 16.6. The van der Waals surface area contributed by atoms with Crippen molar-refractivity contribution in [2.75, 3.05) is 0 Å². The summed E-state index contributed by atoms with van der Waals surface area (Å²) in [6, 6.07) is 6.66. The van der Waals surface area contributed by atoms with Gasteiger partial charge in [-0.3, -0.25) is 19.1 Å². The minimum absolute atomic E-state index is 0.